The molecule has 1 aromatic carbocycles. The SMILES string of the molecule is CCNC(CC)c1ccccc1OC1CCC(C)CC1. The Hall–Kier alpha value is -1.02. The van der Waals surface area contributed by atoms with Crippen molar-refractivity contribution in [3.05, 3.63) is 29.8 Å². The van der Waals surface area contributed by atoms with Crippen LogP contribution in [0.3, 0.4) is 0 Å². The second-order valence-electron chi connectivity index (χ2n) is 6.06. The number of hydrogen-bond acceptors (Lipinski definition) is 2. The van der Waals surface area contributed by atoms with Crippen molar-refractivity contribution in [2.45, 2.75) is 65.0 Å². The summed E-state index contributed by atoms with van der Waals surface area (Å²) < 4.78 is 6.32. The van der Waals surface area contributed by atoms with Gasteiger partial charge in [0.1, 0.15) is 5.75 Å². The minimum atomic E-state index is 0.402. The van der Waals surface area contributed by atoms with E-state index in [2.05, 4.69) is 50.4 Å². The van der Waals surface area contributed by atoms with Crippen molar-refractivity contribution in [1.82, 2.24) is 5.32 Å². The summed E-state index contributed by atoms with van der Waals surface area (Å²) in [5.41, 5.74) is 1.32. The van der Waals surface area contributed by atoms with Gasteiger partial charge in [0, 0.05) is 11.6 Å². The fourth-order valence-corrected chi connectivity index (χ4v) is 3.12. The molecule has 0 aliphatic heterocycles. The third kappa shape index (κ3) is 3.99. The Morgan fingerprint density at radius 3 is 2.50 bits per heavy atom. The molecule has 0 aromatic heterocycles. The maximum absolute atomic E-state index is 6.32. The zero-order chi connectivity index (χ0) is 14.4. The van der Waals surface area contributed by atoms with Gasteiger partial charge in [0.2, 0.25) is 0 Å². The van der Waals surface area contributed by atoms with Crippen LogP contribution in [0.1, 0.15) is 64.5 Å². The molecule has 1 unspecified atom stereocenters. The lowest BCUT2D eigenvalue weighted by Crippen LogP contribution is -2.25. The van der Waals surface area contributed by atoms with Crippen LogP contribution in [0.25, 0.3) is 0 Å². The molecule has 2 heteroatoms. The van der Waals surface area contributed by atoms with Crippen molar-refractivity contribution in [1.29, 1.82) is 0 Å². The van der Waals surface area contributed by atoms with Crippen LogP contribution < -0.4 is 10.1 Å². The summed E-state index contributed by atoms with van der Waals surface area (Å²) in [7, 11) is 0. The van der Waals surface area contributed by atoms with Gasteiger partial charge in [0.25, 0.3) is 0 Å². The fourth-order valence-electron chi connectivity index (χ4n) is 3.12. The number of rotatable bonds is 6. The van der Waals surface area contributed by atoms with Crippen LogP contribution in [-0.4, -0.2) is 12.6 Å². The molecule has 0 bridgehead atoms. The quantitative estimate of drug-likeness (QED) is 0.812. The van der Waals surface area contributed by atoms with Gasteiger partial charge in [0.05, 0.1) is 6.10 Å². The molecule has 1 saturated carbocycles. The molecular formula is C18H29NO. The first-order valence-electron chi connectivity index (χ1n) is 8.23. The van der Waals surface area contributed by atoms with Gasteiger partial charge < -0.3 is 10.1 Å². The van der Waals surface area contributed by atoms with E-state index >= 15 is 0 Å². The molecule has 0 radical (unpaired) electrons. The minimum absolute atomic E-state index is 0.402. The van der Waals surface area contributed by atoms with Crippen molar-refractivity contribution < 1.29 is 4.74 Å². The van der Waals surface area contributed by atoms with Crippen LogP contribution in [0.15, 0.2) is 24.3 Å². The van der Waals surface area contributed by atoms with Gasteiger partial charge in [-0.1, -0.05) is 39.0 Å². The summed E-state index contributed by atoms with van der Waals surface area (Å²) in [6, 6.07) is 8.94. The second kappa shape index (κ2) is 7.68. The molecule has 1 fully saturated rings. The van der Waals surface area contributed by atoms with Crippen LogP contribution >= 0.6 is 0 Å². The summed E-state index contributed by atoms with van der Waals surface area (Å²) in [5, 5.41) is 3.55. The topological polar surface area (TPSA) is 21.3 Å². The monoisotopic (exact) mass is 275 g/mol. The zero-order valence-corrected chi connectivity index (χ0v) is 13.2. The fraction of sp³-hybridized carbons (Fsp3) is 0.667. The molecule has 0 amide bonds. The summed E-state index contributed by atoms with van der Waals surface area (Å²) in [6.45, 7) is 7.73. The van der Waals surface area contributed by atoms with E-state index in [0.717, 1.165) is 24.6 Å². The van der Waals surface area contributed by atoms with Gasteiger partial charge in [-0.15, -0.1) is 0 Å². The molecule has 1 aliphatic rings. The first-order chi connectivity index (χ1) is 9.74. The van der Waals surface area contributed by atoms with Crippen LogP contribution in [0.2, 0.25) is 0 Å². The highest BCUT2D eigenvalue weighted by atomic mass is 16.5. The number of hydrogen-bond donors (Lipinski definition) is 1. The van der Waals surface area contributed by atoms with Gasteiger partial charge in [0.15, 0.2) is 0 Å². The van der Waals surface area contributed by atoms with E-state index < -0.39 is 0 Å². The molecule has 1 aromatic rings. The van der Waals surface area contributed by atoms with Gasteiger partial charge in [-0.25, -0.2) is 0 Å². The van der Waals surface area contributed by atoms with Gasteiger partial charge in [-0.2, -0.15) is 0 Å². The lowest BCUT2D eigenvalue weighted by atomic mass is 9.89. The number of ether oxygens (including phenoxy) is 1. The van der Waals surface area contributed by atoms with Crippen LogP contribution in [-0.2, 0) is 0 Å². The van der Waals surface area contributed by atoms with Crippen molar-refractivity contribution in [3.63, 3.8) is 0 Å². The normalized spacial score (nSPS) is 24.4. The number of para-hydroxylation sites is 1. The highest BCUT2D eigenvalue weighted by Crippen LogP contribution is 2.32. The smallest absolute Gasteiger partial charge is 0.124 e. The van der Waals surface area contributed by atoms with E-state index in [0.29, 0.717) is 12.1 Å². The number of benzene rings is 1. The Morgan fingerprint density at radius 1 is 1.15 bits per heavy atom. The van der Waals surface area contributed by atoms with Crippen molar-refractivity contribution in [3.8, 4) is 5.75 Å². The lowest BCUT2D eigenvalue weighted by Gasteiger charge is -2.29. The molecule has 20 heavy (non-hydrogen) atoms. The average molecular weight is 275 g/mol. The largest absolute Gasteiger partial charge is 0.490 e. The van der Waals surface area contributed by atoms with Crippen LogP contribution in [0.5, 0.6) is 5.75 Å². The maximum atomic E-state index is 6.32. The molecule has 1 aliphatic carbocycles. The molecule has 0 saturated heterocycles. The third-order valence-corrected chi connectivity index (χ3v) is 4.41. The predicted octanol–water partition coefficient (Wildman–Crippen LogP) is 4.70. The average Bonchev–Trinajstić information content (AvgIpc) is 2.48. The third-order valence-electron chi connectivity index (χ3n) is 4.41. The Balaban J connectivity index is 2.07. The molecule has 0 heterocycles. The molecule has 2 rings (SSSR count). The van der Waals surface area contributed by atoms with Gasteiger partial charge in [-0.05, 0) is 50.6 Å². The highest BCUT2D eigenvalue weighted by molar-refractivity contribution is 5.36. The Bertz CT molecular complexity index is 396. The summed E-state index contributed by atoms with van der Waals surface area (Å²) in [5.74, 6) is 1.95. The Morgan fingerprint density at radius 2 is 1.85 bits per heavy atom. The van der Waals surface area contributed by atoms with Crippen molar-refractivity contribution in [2.75, 3.05) is 6.54 Å². The maximum Gasteiger partial charge on any atom is 0.124 e. The zero-order valence-electron chi connectivity index (χ0n) is 13.2. The summed E-state index contributed by atoms with van der Waals surface area (Å²) in [6.07, 6.45) is 6.51. The lowest BCUT2D eigenvalue weighted by molar-refractivity contribution is 0.133. The Kier molecular flexibility index (Phi) is 5.90. The van der Waals surface area contributed by atoms with Crippen LogP contribution in [0, 0.1) is 5.92 Å². The van der Waals surface area contributed by atoms with Crippen LogP contribution in [0.4, 0.5) is 0 Å². The predicted molar refractivity (Wildman–Crippen MR) is 85.2 cm³/mol. The van der Waals surface area contributed by atoms with Crippen molar-refractivity contribution >= 4 is 0 Å². The van der Waals surface area contributed by atoms with E-state index in [-0.39, 0.29) is 0 Å². The van der Waals surface area contributed by atoms with E-state index in [1.54, 1.807) is 0 Å². The van der Waals surface area contributed by atoms with Gasteiger partial charge in [-0.3, -0.25) is 0 Å². The molecule has 2 nitrogen and oxygen atoms in total. The minimum Gasteiger partial charge on any atom is -0.490 e. The van der Waals surface area contributed by atoms with E-state index in [1.807, 2.05) is 0 Å². The summed E-state index contributed by atoms with van der Waals surface area (Å²) in [4.78, 5) is 0. The molecule has 0 spiro atoms. The molecule has 1 N–H and O–H groups in total. The van der Waals surface area contributed by atoms with E-state index in [1.165, 1.54) is 31.2 Å². The van der Waals surface area contributed by atoms with E-state index in [9.17, 15) is 0 Å². The van der Waals surface area contributed by atoms with E-state index in [4.69, 9.17) is 4.74 Å². The Labute approximate surface area is 123 Å². The highest BCUT2D eigenvalue weighted by Gasteiger charge is 2.21. The molecule has 112 valence electrons. The second-order valence-corrected chi connectivity index (χ2v) is 6.06. The number of nitrogens with one attached hydrogen (secondary N) is 1. The standard InChI is InChI=1S/C18H29NO/c1-4-17(19-5-2)16-8-6-7-9-18(16)20-15-12-10-14(3)11-13-15/h6-9,14-15,17,19H,4-5,10-13H2,1-3H3. The summed E-state index contributed by atoms with van der Waals surface area (Å²) >= 11 is 0. The first-order valence-corrected chi connectivity index (χ1v) is 8.23. The van der Waals surface area contributed by atoms with Crippen molar-refractivity contribution in [2.24, 2.45) is 5.92 Å². The molecular weight excluding hydrogens is 246 g/mol. The van der Waals surface area contributed by atoms with Gasteiger partial charge >= 0.3 is 0 Å². The first kappa shape index (κ1) is 15.4. The molecule has 1 atom stereocenters.